The van der Waals surface area contributed by atoms with Crippen LogP contribution in [0.5, 0.6) is 0 Å². The Hall–Kier alpha value is -1.96. The molecule has 0 amide bonds. The predicted octanol–water partition coefficient (Wildman–Crippen LogP) is 0.0285. The van der Waals surface area contributed by atoms with Crippen LogP contribution in [0.4, 0.5) is 10.3 Å². The van der Waals surface area contributed by atoms with Crippen LogP contribution in [-0.2, 0) is 31.6 Å². The number of anilines is 1. The number of ether oxygens (including phenoxy) is 1. The normalized spacial score (nSPS) is 28.7. The molecule has 0 radical (unpaired) electrons. The molecule has 2 aromatic rings. The van der Waals surface area contributed by atoms with Crippen LogP contribution in [0.15, 0.2) is 17.1 Å². The largest absolute Gasteiger partial charge is 0.490 e. The summed E-state index contributed by atoms with van der Waals surface area (Å²) in [6.07, 6.45) is -6.34. The van der Waals surface area contributed by atoms with E-state index in [-0.39, 0.29) is 17.0 Å². The van der Waals surface area contributed by atoms with Crippen molar-refractivity contribution in [2.75, 3.05) is 5.73 Å². The molecule has 0 aromatic carbocycles. The standard InChI is InChI=1S/C15H20FN4O13P3/c1-3-5-15(16)10(21)9(7(2)31-35(26,27)33-36(28,29)32-34(23,24)25)30-13(15)20-6-4-8-11(20)18-14(17)19-12(8)22/h4,6-7,9-10,13,21H,1-2H3,(H,26,27)(H,28,29)(H2,23,24,25)(H3,17,18,19,22)/t7-,9?,10?,13?,15?/m1/s1. The molecule has 0 spiro atoms. The fourth-order valence-corrected chi connectivity index (χ4v) is 6.69. The first kappa shape index (κ1) is 28.6. The molecule has 7 atom stereocenters. The van der Waals surface area contributed by atoms with Gasteiger partial charge in [0.05, 0.1) is 11.5 Å². The van der Waals surface area contributed by atoms with Crippen molar-refractivity contribution in [2.45, 2.75) is 44.1 Å². The molecule has 21 heteroatoms. The van der Waals surface area contributed by atoms with E-state index in [1.165, 1.54) is 19.2 Å². The quantitative estimate of drug-likeness (QED) is 0.161. The average Bonchev–Trinajstić information content (AvgIpc) is 3.18. The maximum absolute atomic E-state index is 16.0. The van der Waals surface area contributed by atoms with Gasteiger partial charge >= 0.3 is 23.5 Å². The molecule has 3 rings (SSSR count). The van der Waals surface area contributed by atoms with Crippen LogP contribution in [-0.4, -0.2) is 63.2 Å². The zero-order chi connectivity index (χ0) is 27.3. The Kier molecular flexibility index (Phi) is 7.73. The van der Waals surface area contributed by atoms with Crippen molar-refractivity contribution in [2.24, 2.45) is 0 Å². The molecule has 0 bridgehead atoms. The Morgan fingerprint density at radius 3 is 2.50 bits per heavy atom. The van der Waals surface area contributed by atoms with Crippen LogP contribution < -0.4 is 11.3 Å². The molecule has 1 fully saturated rings. The number of alkyl halides is 1. The number of nitrogens with two attached hydrogens (primary N) is 1. The van der Waals surface area contributed by atoms with E-state index in [1.54, 1.807) is 0 Å². The number of aliphatic hydroxyl groups is 1. The highest BCUT2D eigenvalue weighted by Crippen LogP contribution is 2.66. The van der Waals surface area contributed by atoms with Gasteiger partial charge in [0, 0.05) is 6.20 Å². The number of aromatic amines is 1. The molecule has 0 aliphatic carbocycles. The topological polar surface area (TPSA) is 266 Å². The maximum Gasteiger partial charge on any atom is 0.490 e. The van der Waals surface area contributed by atoms with Crippen molar-refractivity contribution >= 4 is 40.4 Å². The van der Waals surface area contributed by atoms with E-state index in [1.807, 2.05) is 0 Å². The van der Waals surface area contributed by atoms with E-state index in [9.17, 15) is 33.4 Å². The van der Waals surface area contributed by atoms with Gasteiger partial charge in [0.2, 0.25) is 11.6 Å². The van der Waals surface area contributed by atoms with E-state index in [2.05, 4.69) is 35.0 Å². The highest BCUT2D eigenvalue weighted by Gasteiger charge is 2.60. The molecule has 200 valence electrons. The SMILES string of the molecule is CC#CC1(F)C(O)C([C@@H](C)OP(=O)(O)OP(=O)(O)OP(=O)(O)O)OC1n1ccc2c(=O)[nH]c(N)nc21. The second-order valence-electron chi connectivity index (χ2n) is 7.35. The second-order valence-corrected chi connectivity index (χ2v) is 11.7. The molecule has 2 aromatic heterocycles. The van der Waals surface area contributed by atoms with Gasteiger partial charge in [-0.3, -0.25) is 14.3 Å². The lowest BCUT2D eigenvalue weighted by molar-refractivity contribution is -0.0752. The van der Waals surface area contributed by atoms with E-state index in [0.717, 1.165) is 11.5 Å². The highest BCUT2D eigenvalue weighted by atomic mass is 31.3. The van der Waals surface area contributed by atoms with Gasteiger partial charge in [0.25, 0.3) is 5.56 Å². The lowest BCUT2D eigenvalue weighted by Gasteiger charge is -2.25. The fraction of sp³-hybridized carbons (Fsp3) is 0.467. The van der Waals surface area contributed by atoms with Crippen LogP contribution in [0, 0.1) is 11.8 Å². The monoisotopic (exact) mass is 576 g/mol. The number of aliphatic hydroxyl groups excluding tert-OH is 1. The van der Waals surface area contributed by atoms with Gasteiger partial charge in [0.15, 0.2) is 11.9 Å². The summed E-state index contributed by atoms with van der Waals surface area (Å²) in [4.78, 5) is 54.5. The number of H-pyrrole nitrogens is 1. The van der Waals surface area contributed by atoms with Gasteiger partial charge in [0.1, 0.15) is 12.2 Å². The Morgan fingerprint density at radius 1 is 1.28 bits per heavy atom. The van der Waals surface area contributed by atoms with Crippen LogP contribution in [0.25, 0.3) is 11.0 Å². The minimum absolute atomic E-state index is 0.0149. The van der Waals surface area contributed by atoms with Crippen LogP contribution in [0.3, 0.4) is 0 Å². The minimum atomic E-state index is -5.82. The van der Waals surface area contributed by atoms with Crippen molar-refractivity contribution < 1.29 is 60.6 Å². The van der Waals surface area contributed by atoms with Gasteiger partial charge in [-0.1, -0.05) is 5.92 Å². The van der Waals surface area contributed by atoms with Crippen molar-refractivity contribution in [1.82, 2.24) is 14.5 Å². The van der Waals surface area contributed by atoms with Crippen LogP contribution >= 0.6 is 23.5 Å². The zero-order valence-electron chi connectivity index (χ0n) is 18.2. The van der Waals surface area contributed by atoms with Gasteiger partial charge in [-0.05, 0) is 19.9 Å². The summed E-state index contributed by atoms with van der Waals surface area (Å²) in [6, 6.07) is 1.26. The predicted molar refractivity (Wildman–Crippen MR) is 116 cm³/mol. The summed E-state index contributed by atoms with van der Waals surface area (Å²) in [5.74, 6) is 4.12. The Balaban J connectivity index is 1.92. The Bertz CT molecular complexity index is 1430. The number of halogens is 1. The number of hydrogen-bond acceptors (Lipinski definition) is 11. The summed E-state index contributed by atoms with van der Waals surface area (Å²) in [6.45, 7) is 2.24. The second kappa shape index (κ2) is 9.73. The molecule has 1 aliphatic rings. The first-order valence-corrected chi connectivity index (χ1v) is 14.1. The Labute approximate surface area is 200 Å². The number of phosphoric acid groups is 3. The summed E-state index contributed by atoms with van der Waals surface area (Å²) in [5.41, 5.74) is 1.85. The number of aromatic nitrogens is 3. The first-order chi connectivity index (χ1) is 16.4. The fourth-order valence-electron chi connectivity index (χ4n) is 3.49. The molecular formula is C15H20FN4O13P3. The molecule has 0 saturated carbocycles. The van der Waals surface area contributed by atoms with E-state index in [4.69, 9.17) is 20.3 Å². The summed E-state index contributed by atoms with van der Waals surface area (Å²) in [5, 5.41) is 10.7. The van der Waals surface area contributed by atoms with Crippen molar-refractivity contribution in [3.8, 4) is 11.8 Å². The number of nitrogens with zero attached hydrogens (tertiary/aromatic N) is 2. The molecule has 1 saturated heterocycles. The number of fused-ring (bicyclic) bond motifs is 1. The van der Waals surface area contributed by atoms with Crippen molar-refractivity contribution in [3.63, 3.8) is 0 Å². The van der Waals surface area contributed by atoms with Gasteiger partial charge in [-0.25, -0.2) is 18.1 Å². The molecule has 36 heavy (non-hydrogen) atoms. The van der Waals surface area contributed by atoms with Gasteiger partial charge in [-0.15, -0.1) is 5.92 Å². The smallest absolute Gasteiger partial charge is 0.386 e. The van der Waals surface area contributed by atoms with Crippen LogP contribution in [0.1, 0.15) is 20.1 Å². The summed E-state index contributed by atoms with van der Waals surface area (Å²) in [7, 11) is -17.1. The third-order valence-corrected chi connectivity index (χ3v) is 8.66. The number of nitrogen functional groups attached to an aromatic ring is 1. The van der Waals surface area contributed by atoms with E-state index < -0.39 is 59.2 Å². The van der Waals surface area contributed by atoms with Gasteiger partial charge < -0.3 is 39.7 Å². The lowest BCUT2D eigenvalue weighted by Crippen LogP contribution is -2.44. The number of phosphoric ester groups is 1. The van der Waals surface area contributed by atoms with Crippen molar-refractivity contribution in [1.29, 1.82) is 0 Å². The first-order valence-electron chi connectivity index (χ1n) is 9.54. The maximum atomic E-state index is 16.0. The molecular weight excluding hydrogens is 556 g/mol. The summed E-state index contributed by atoms with van der Waals surface area (Å²) >= 11 is 0. The molecule has 3 heterocycles. The minimum Gasteiger partial charge on any atom is -0.386 e. The molecule has 1 aliphatic heterocycles. The third kappa shape index (κ3) is 5.95. The third-order valence-electron chi connectivity index (χ3n) is 4.73. The van der Waals surface area contributed by atoms with Crippen LogP contribution in [0.2, 0.25) is 0 Å². The Morgan fingerprint density at radius 2 is 1.92 bits per heavy atom. The summed E-state index contributed by atoms with van der Waals surface area (Å²) < 4.78 is 68.9. The average molecular weight is 576 g/mol. The van der Waals surface area contributed by atoms with E-state index in [0.29, 0.717) is 0 Å². The molecule has 8 N–H and O–H groups in total. The lowest BCUT2D eigenvalue weighted by atomic mass is 9.94. The van der Waals surface area contributed by atoms with Crippen molar-refractivity contribution in [3.05, 3.63) is 22.6 Å². The number of nitrogens with one attached hydrogen (secondary N) is 1. The number of rotatable bonds is 8. The number of hydrogen-bond donors (Lipinski definition) is 7. The molecule has 17 nitrogen and oxygen atoms in total. The van der Waals surface area contributed by atoms with Gasteiger partial charge in [-0.2, -0.15) is 13.6 Å². The molecule has 6 unspecified atom stereocenters. The van der Waals surface area contributed by atoms with E-state index >= 15 is 4.39 Å². The zero-order valence-corrected chi connectivity index (χ0v) is 20.8. The highest BCUT2D eigenvalue weighted by molar-refractivity contribution is 7.66.